The number of rotatable bonds is 6. The molecule has 0 amide bonds. The Morgan fingerprint density at radius 1 is 1.11 bits per heavy atom. The maximum absolute atomic E-state index is 6.62. The first-order chi connectivity index (χ1) is 17.2. The zero-order valence-corrected chi connectivity index (χ0v) is 20.6. The van der Waals surface area contributed by atoms with Gasteiger partial charge in [0.25, 0.3) is 0 Å². The van der Waals surface area contributed by atoms with Crippen LogP contribution in [0.15, 0.2) is 42.9 Å². The molecule has 1 saturated heterocycles. The van der Waals surface area contributed by atoms with E-state index in [2.05, 4.69) is 24.1 Å². The monoisotopic (exact) mass is 491 g/mol. The minimum Gasteiger partial charge on any atom is -0.473 e. The molecule has 1 N–H and O–H groups in total. The number of nitrogens with zero attached hydrogens (tertiary/aromatic N) is 6. The molecule has 2 fully saturated rings. The van der Waals surface area contributed by atoms with Crippen molar-refractivity contribution in [3.63, 3.8) is 0 Å². The molecule has 0 bridgehead atoms. The molecule has 6 rings (SSSR count). The maximum Gasteiger partial charge on any atom is 0.244 e. The summed E-state index contributed by atoms with van der Waals surface area (Å²) in [7, 11) is 0. The normalized spacial score (nSPS) is 21.3. The third-order valence-electron chi connectivity index (χ3n) is 6.77. The van der Waals surface area contributed by atoms with Crippen LogP contribution in [0.25, 0.3) is 16.7 Å². The summed E-state index contributed by atoms with van der Waals surface area (Å²) in [5.41, 5.74) is 3.60. The van der Waals surface area contributed by atoms with Gasteiger partial charge in [-0.3, -0.25) is 9.88 Å². The van der Waals surface area contributed by atoms with Gasteiger partial charge in [-0.2, -0.15) is 9.36 Å². The molecule has 182 valence electrons. The fraction of sp³-hybridized carbons (Fsp3) is 0.440. The summed E-state index contributed by atoms with van der Waals surface area (Å²) >= 11 is 1.40. The summed E-state index contributed by atoms with van der Waals surface area (Å²) in [6, 6.07) is 8.56. The Balaban J connectivity index is 1.28. The average molecular weight is 492 g/mol. The number of morpholine rings is 1. The van der Waals surface area contributed by atoms with Crippen LogP contribution in [0.4, 0.5) is 10.9 Å². The largest absolute Gasteiger partial charge is 0.473 e. The van der Waals surface area contributed by atoms with Crippen molar-refractivity contribution in [3.05, 3.63) is 48.5 Å². The molecule has 4 aromatic heterocycles. The number of hydrogen-bond donors (Lipinski definition) is 1. The van der Waals surface area contributed by atoms with Crippen LogP contribution < -0.4 is 10.1 Å². The predicted octanol–water partition coefficient (Wildman–Crippen LogP) is 4.35. The van der Waals surface area contributed by atoms with Crippen molar-refractivity contribution in [1.82, 2.24) is 28.8 Å². The molecule has 0 atom stereocenters. The third-order valence-corrected chi connectivity index (χ3v) is 7.57. The molecule has 5 heterocycles. The van der Waals surface area contributed by atoms with Crippen LogP contribution >= 0.6 is 11.5 Å². The van der Waals surface area contributed by atoms with Gasteiger partial charge in [-0.25, -0.2) is 4.98 Å². The quantitative estimate of drug-likeness (QED) is 0.426. The molecule has 0 unspecified atom stereocenters. The summed E-state index contributed by atoms with van der Waals surface area (Å²) in [5.74, 6) is 1.12. The number of nitrogens with one attached hydrogen (secondary N) is 1. The molecule has 0 spiro atoms. The van der Waals surface area contributed by atoms with E-state index in [9.17, 15) is 0 Å². The predicted molar refractivity (Wildman–Crippen MR) is 136 cm³/mol. The second-order valence-corrected chi connectivity index (χ2v) is 9.94. The van der Waals surface area contributed by atoms with E-state index >= 15 is 0 Å². The van der Waals surface area contributed by atoms with Crippen LogP contribution in [0.3, 0.4) is 0 Å². The summed E-state index contributed by atoms with van der Waals surface area (Å²) in [5, 5.41) is 4.22. The van der Waals surface area contributed by atoms with Crippen molar-refractivity contribution in [2.45, 2.75) is 44.8 Å². The topological polar surface area (TPSA) is 90.2 Å². The summed E-state index contributed by atoms with van der Waals surface area (Å²) < 4.78 is 18.6. The Morgan fingerprint density at radius 2 is 1.97 bits per heavy atom. The lowest BCUT2D eigenvalue weighted by Crippen LogP contribution is -2.46. The highest BCUT2D eigenvalue weighted by molar-refractivity contribution is 7.10. The van der Waals surface area contributed by atoms with E-state index in [0.717, 1.165) is 79.4 Å². The van der Waals surface area contributed by atoms with Gasteiger partial charge in [-0.05, 0) is 68.4 Å². The molecule has 0 radical (unpaired) electrons. The minimum absolute atomic E-state index is 0.126. The highest BCUT2D eigenvalue weighted by atomic mass is 32.1. The van der Waals surface area contributed by atoms with Crippen LogP contribution in [0.5, 0.6) is 5.88 Å². The Bertz CT molecular complexity index is 1280. The number of anilines is 2. The van der Waals surface area contributed by atoms with Crippen LogP contribution in [0.2, 0.25) is 0 Å². The second kappa shape index (κ2) is 9.88. The third kappa shape index (κ3) is 4.86. The van der Waals surface area contributed by atoms with Gasteiger partial charge in [0.2, 0.25) is 11.8 Å². The van der Waals surface area contributed by atoms with Crippen molar-refractivity contribution in [3.8, 4) is 11.6 Å². The van der Waals surface area contributed by atoms with Gasteiger partial charge in [-0.1, -0.05) is 0 Å². The van der Waals surface area contributed by atoms with Crippen LogP contribution in [-0.2, 0) is 4.74 Å². The highest BCUT2D eigenvalue weighted by Gasteiger charge is 2.29. The van der Waals surface area contributed by atoms with E-state index in [0.29, 0.717) is 17.9 Å². The van der Waals surface area contributed by atoms with Gasteiger partial charge in [0, 0.05) is 31.5 Å². The molecule has 35 heavy (non-hydrogen) atoms. The van der Waals surface area contributed by atoms with Gasteiger partial charge in [0.1, 0.15) is 16.6 Å². The summed E-state index contributed by atoms with van der Waals surface area (Å²) in [6.07, 6.45) is 10.0. The smallest absolute Gasteiger partial charge is 0.244 e. The molecule has 1 aliphatic carbocycles. The number of aryl methyl sites for hydroxylation is 1. The molecule has 0 aromatic carbocycles. The molecule has 4 aromatic rings. The van der Waals surface area contributed by atoms with E-state index in [4.69, 9.17) is 19.4 Å². The molecular formula is C25H29N7O2S. The first-order valence-electron chi connectivity index (χ1n) is 12.2. The minimum atomic E-state index is 0.126. The molecule has 1 aliphatic heterocycles. The Morgan fingerprint density at radius 3 is 2.71 bits per heavy atom. The van der Waals surface area contributed by atoms with Gasteiger partial charge < -0.3 is 19.4 Å². The van der Waals surface area contributed by atoms with Crippen LogP contribution in [-0.4, -0.2) is 67.2 Å². The number of aromatic nitrogens is 5. The lowest BCUT2D eigenvalue weighted by Gasteiger charge is -2.38. The van der Waals surface area contributed by atoms with Gasteiger partial charge >= 0.3 is 0 Å². The number of ether oxygens (including phenoxy) is 2. The number of pyridine rings is 1. The first kappa shape index (κ1) is 22.4. The maximum atomic E-state index is 6.62. The molecular weight excluding hydrogens is 462 g/mol. The van der Waals surface area contributed by atoms with E-state index < -0.39 is 0 Å². The van der Waals surface area contributed by atoms with Crippen molar-refractivity contribution >= 4 is 33.5 Å². The standard InChI is InChI=1S/C25H29N7O2S/c1-17-15-22(35-30-17)28-25-27-21-8-10-32(19-3-2-9-26-16-19)23(21)24(29-25)34-20-6-4-18(5-7-20)31-11-13-33-14-12-31/h2-3,8-10,15-16,18,20H,4-7,11-14H2,1H3,(H,27,28,29). The highest BCUT2D eigenvalue weighted by Crippen LogP contribution is 2.33. The Labute approximate surface area is 208 Å². The summed E-state index contributed by atoms with van der Waals surface area (Å²) in [4.78, 5) is 16.5. The van der Waals surface area contributed by atoms with Crippen LogP contribution in [0, 0.1) is 6.92 Å². The zero-order chi connectivity index (χ0) is 23.6. The molecule has 2 aliphatic rings. The molecule has 9 nitrogen and oxygen atoms in total. The lowest BCUT2D eigenvalue weighted by atomic mass is 9.91. The Hall–Kier alpha value is -3.08. The lowest BCUT2D eigenvalue weighted by molar-refractivity contribution is -0.00127. The van der Waals surface area contributed by atoms with Gasteiger partial charge in [-0.15, -0.1) is 0 Å². The van der Waals surface area contributed by atoms with Crippen molar-refractivity contribution in [1.29, 1.82) is 0 Å². The average Bonchev–Trinajstić information content (AvgIpc) is 3.51. The number of hydrogen-bond acceptors (Lipinski definition) is 9. The molecule has 10 heteroatoms. The Kier molecular flexibility index (Phi) is 6.32. The van der Waals surface area contributed by atoms with E-state index in [1.807, 2.05) is 43.6 Å². The first-order valence-corrected chi connectivity index (χ1v) is 13.0. The molecule has 1 saturated carbocycles. The fourth-order valence-electron chi connectivity index (χ4n) is 5.02. The van der Waals surface area contributed by atoms with Crippen molar-refractivity contribution in [2.75, 3.05) is 31.6 Å². The van der Waals surface area contributed by atoms with E-state index in [1.165, 1.54) is 11.5 Å². The van der Waals surface area contributed by atoms with E-state index in [1.54, 1.807) is 6.20 Å². The summed E-state index contributed by atoms with van der Waals surface area (Å²) in [6.45, 7) is 5.73. The number of fused-ring (bicyclic) bond motifs is 1. The van der Waals surface area contributed by atoms with E-state index in [-0.39, 0.29) is 6.10 Å². The van der Waals surface area contributed by atoms with Crippen molar-refractivity contribution in [2.24, 2.45) is 0 Å². The zero-order valence-electron chi connectivity index (χ0n) is 19.8. The van der Waals surface area contributed by atoms with Crippen molar-refractivity contribution < 1.29 is 9.47 Å². The van der Waals surface area contributed by atoms with Crippen LogP contribution in [0.1, 0.15) is 31.4 Å². The second-order valence-electron chi connectivity index (χ2n) is 9.14. The fourth-order valence-corrected chi connectivity index (χ4v) is 5.68. The SMILES string of the molecule is Cc1cc(Nc2nc(OC3CCC(N4CCOCC4)CC3)c3c(ccn3-c3cccnc3)n2)sn1. The van der Waals surface area contributed by atoms with Gasteiger partial charge in [0.05, 0.1) is 36.3 Å². The van der Waals surface area contributed by atoms with Gasteiger partial charge in [0.15, 0.2) is 0 Å².